The molecule has 0 aromatic carbocycles. The largest absolute Gasteiger partial charge is 0.400 e. The summed E-state index contributed by atoms with van der Waals surface area (Å²) in [4.78, 5) is 22.6. The highest BCUT2D eigenvalue weighted by molar-refractivity contribution is 5.94. The van der Waals surface area contributed by atoms with E-state index in [1.54, 1.807) is 18.1 Å². The van der Waals surface area contributed by atoms with E-state index in [-0.39, 0.29) is 18.9 Å². The standard InChI is InChI=1S/C10H16N2O4.CH4O/c1-12(5-4-9(15)11-7-14)10-3-2-8(6-13)16-10;1-2/h4-5,7-8,10,13H,2-3,6H2,1H3,(H,11,14,15);2H,1H3/b5-4-;. The maximum atomic E-state index is 10.9. The van der Waals surface area contributed by atoms with Crippen LogP contribution in [0.4, 0.5) is 0 Å². The number of rotatable bonds is 5. The topological polar surface area (TPSA) is 99.1 Å². The number of aliphatic hydroxyl groups is 2. The van der Waals surface area contributed by atoms with Crippen molar-refractivity contribution in [2.24, 2.45) is 0 Å². The first kappa shape index (κ1) is 16.6. The van der Waals surface area contributed by atoms with Gasteiger partial charge in [0.1, 0.15) is 6.23 Å². The fraction of sp³-hybridized carbons (Fsp3) is 0.636. The number of amides is 2. The lowest BCUT2D eigenvalue weighted by molar-refractivity contribution is -0.121. The molecule has 1 saturated heterocycles. The monoisotopic (exact) mass is 260 g/mol. The van der Waals surface area contributed by atoms with Crippen LogP contribution in [0.5, 0.6) is 0 Å². The van der Waals surface area contributed by atoms with Gasteiger partial charge in [0.2, 0.25) is 6.41 Å². The fourth-order valence-electron chi connectivity index (χ4n) is 1.51. The summed E-state index contributed by atoms with van der Waals surface area (Å²) in [7, 11) is 2.77. The van der Waals surface area contributed by atoms with Crippen molar-refractivity contribution in [1.29, 1.82) is 0 Å². The quantitative estimate of drug-likeness (QED) is 0.425. The molecule has 7 nitrogen and oxygen atoms in total. The maximum absolute atomic E-state index is 10.9. The Morgan fingerprint density at radius 3 is 2.67 bits per heavy atom. The molecule has 1 fully saturated rings. The molecule has 0 radical (unpaired) electrons. The highest BCUT2D eigenvalue weighted by atomic mass is 16.5. The van der Waals surface area contributed by atoms with Gasteiger partial charge >= 0.3 is 0 Å². The van der Waals surface area contributed by atoms with Gasteiger partial charge in [-0.1, -0.05) is 0 Å². The Labute approximate surface area is 106 Å². The minimum atomic E-state index is -0.474. The molecule has 0 spiro atoms. The molecule has 2 amide bonds. The molecule has 1 rings (SSSR count). The second kappa shape index (κ2) is 9.58. The third kappa shape index (κ3) is 5.76. The van der Waals surface area contributed by atoms with E-state index in [0.717, 1.165) is 20.0 Å². The van der Waals surface area contributed by atoms with Crippen LogP contribution in [0.25, 0.3) is 0 Å². The molecule has 0 bridgehead atoms. The molecule has 18 heavy (non-hydrogen) atoms. The van der Waals surface area contributed by atoms with Crippen LogP contribution < -0.4 is 5.32 Å². The molecule has 0 aromatic rings. The van der Waals surface area contributed by atoms with Gasteiger partial charge in [0, 0.05) is 26.4 Å². The van der Waals surface area contributed by atoms with Crippen LogP contribution in [0.2, 0.25) is 0 Å². The molecule has 104 valence electrons. The molecule has 7 heteroatoms. The van der Waals surface area contributed by atoms with Gasteiger partial charge < -0.3 is 19.8 Å². The molecule has 1 heterocycles. The third-order valence-electron chi connectivity index (χ3n) is 2.41. The fourth-order valence-corrected chi connectivity index (χ4v) is 1.51. The zero-order valence-corrected chi connectivity index (χ0v) is 10.6. The second-order valence-corrected chi connectivity index (χ2v) is 3.58. The summed E-state index contributed by atoms with van der Waals surface area (Å²) >= 11 is 0. The Kier molecular flexibility index (Phi) is 8.81. The lowest BCUT2D eigenvalue weighted by atomic mass is 10.2. The molecule has 0 aromatic heterocycles. The minimum Gasteiger partial charge on any atom is -0.400 e. The smallest absolute Gasteiger partial charge is 0.251 e. The Morgan fingerprint density at radius 1 is 1.50 bits per heavy atom. The normalized spacial score (nSPS) is 22.2. The molecule has 1 aliphatic heterocycles. The van der Waals surface area contributed by atoms with E-state index in [0.29, 0.717) is 6.41 Å². The first-order valence-electron chi connectivity index (χ1n) is 5.52. The van der Waals surface area contributed by atoms with Crippen LogP contribution in [0.1, 0.15) is 12.8 Å². The predicted octanol–water partition coefficient (Wildman–Crippen LogP) is -1.19. The van der Waals surface area contributed by atoms with E-state index < -0.39 is 5.91 Å². The molecular formula is C11H20N2O5. The average molecular weight is 260 g/mol. The van der Waals surface area contributed by atoms with Crippen molar-refractivity contribution in [2.75, 3.05) is 20.8 Å². The van der Waals surface area contributed by atoms with Gasteiger partial charge in [-0.15, -0.1) is 0 Å². The second-order valence-electron chi connectivity index (χ2n) is 3.58. The van der Waals surface area contributed by atoms with Crippen LogP contribution in [0, 0.1) is 0 Å². The summed E-state index contributed by atoms with van der Waals surface area (Å²) in [6.07, 6.45) is 4.50. The number of carbonyl (C=O) groups is 2. The number of nitrogens with zero attached hydrogens (tertiary/aromatic N) is 1. The van der Waals surface area contributed by atoms with Gasteiger partial charge in [0.25, 0.3) is 5.91 Å². The van der Waals surface area contributed by atoms with Crippen LogP contribution >= 0.6 is 0 Å². The molecular weight excluding hydrogens is 240 g/mol. The van der Waals surface area contributed by atoms with Crippen LogP contribution in [0.3, 0.4) is 0 Å². The van der Waals surface area contributed by atoms with Gasteiger partial charge in [-0.25, -0.2) is 0 Å². The number of ether oxygens (including phenoxy) is 1. The van der Waals surface area contributed by atoms with Gasteiger partial charge in [0.05, 0.1) is 12.7 Å². The van der Waals surface area contributed by atoms with E-state index in [2.05, 4.69) is 0 Å². The molecule has 0 saturated carbocycles. The molecule has 1 aliphatic rings. The van der Waals surface area contributed by atoms with Crippen molar-refractivity contribution < 1.29 is 24.5 Å². The maximum Gasteiger partial charge on any atom is 0.251 e. The molecule has 2 unspecified atom stereocenters. The summed E-state index contributed by atoms with van der Waals surface area (Å²) in [5.74, 6) is -0.474. The lowest BCUT2D eigenvalue weighted by Crippen LogP contribution is -2.28. The predicted molar refractivity (Wildman–Crippen MR) is 64.2 cm³/mol. The number of aliphatic hydroxyl groups excluding tert-OH is 2. The summed E-state index contributed by atoms with van der Waals surface area (Å²) in [5, 5.41) is 17.9. The zero-order chi connectivity index (χ0) is 14.0. The summed E-state index contributed by atoms with van der Waals surface area (Å²) < 4.78 is 5.49. The van der Waals surface area contributed by atoms with Crippen molar-refractivity contribution in [3.05, 3.63) is 12.3 Å². The van der Waals surface area contributed by atoms with Crippen LogP contribution in [0.15, 0.2) is 12.3 Å². The SMILES string of the molecule is CN(/C=C\C(=O)NC=O)C1CCC(CO)O1.CO. The Morgan fingerprint density at radius 2 is 2.17 bits per heavy atom. The average Bonchev–Trinajstić information content (AvgIpc) is 2.87. The number of hydrogen-bond acceptors (Lipinski definition) is 6. The van der Waals surface area contributed by atoms with Crippen molar-refractivity contribution in [3.63, 3.8) is 0 Å². The summed E-state index contributed by atoms with van der Waals surface area (Å²) in [6, 6.07) is 0. The van der Waals surface area contributed by atoms with E-state index in [4.69, 9.17) is 14.9 Å². The first-order chi connectivity index (χ1) is 8.67. The number of hydrogen-bond donors (Lipinski definition) is 3. The van der Waals surface area contributed by atoms with Crippen molar-refractivity contribution in [2.45, 2.75) is 25.2 Å². The minimum absolute atomic E-state index is 0.0136. The number of imide groups is 1. The van der Waals surface area contributed by atoms with Crippen molar-refractivity contribution in [1.82, 2.24) is 10.2 Å². The van der Waals surface area contributed by atoms with Crippen molar-refractivity contribution >= 4 is 12.3 Å². The van der Waals surface area contributed by atoms with Crippen LogP contribution in [-0.4, -0.2) is 60.5 Å². The van der Waals surface area contributed by atoms with Gasteiger partial charge in [-0.05, 0) is 12.8 Å². The summed E-state index contributed by atoms with van der Waals surface area (Å²) in [5.41, 5.74) is 0. The zero-order valence-electron chi connectivity index (χ0n) is 10.6. The van der Waals surface area contributed by atoms with Gasteiger partial charge in [-0.2, -0.15) is 0 Å². The Hall–Kier alpha value is -1.44. The van der Waals surface area contributed by atoms with Crippen LogP contribution in [-0.2, 0) is 14.3 Å². The van der Waals surface area contributed by atoms with E-state index >= 15 is 0 Å². The Bertz CT molecular complexity index is 283. The number of carbonyl (C=O) groups excluding carboxylic acids is 2. The molecule has 2 atom stereocenters. The highest BCUT2D eigenvalue weighted by Crippen LogP contribution is 2.21. The van der Waals surface area contributed by atoms with Crippen molar-refractivity contribution in [3.8, 4) is 0 Å². The van der Waals surface area contributed by atoms with E-state index in [9.17, 15) is 9.59 Å². The highest BCUT2D eigenvalue weighted by Gasteiger charge is 2.26. The third-order valence-corrected chi connectivity index (χ3v) is 2.41. The van der Waals surface area contributed by atoms with Gasteiger partial charge in [0.15, 0.2) is 0 Å². The number of nitrogens with one attached hydrogen (secondary N) is 1. The van der Waals surface area contributed by atoms with Gasteiger partial charge in [-0.3, -0.25) is 14.9 Å². The first-order valence-corrected chi connectivity index (χ1v) is 5.52. The van der Waals surface area contributed by atoms with E-state index in [1.807, 2.05) is 5.32 Å². The molecule has 3 N–H and O–H groups in total. The lowest BCUT2D eigenvalue weighted by Gasteiger charge is -2.22. The summed E-state index contributed by atoms with van der Waals surface area (Å²) in [6.45, 7) is 0.0136. The van der Waals surface area contributed by atoms with E-state index in [1.165, 1.54) is 6.08 Å². The molecule has 0 aliphatic carbocycles. The Balaban J connectivity index is 0.00000137.